The van der Waals surface area contributed by atoms with Gasteiger partial charge in [0.05, 0.1) is 12.7 Å². The van der Waals surface area contributed by atoms with Crippen molar-refractivity contribution in [2.45, 2.75) is 36.4 Å². The van der Waals surface area contributed by atoms with E-state index in [0.29, 0.717) is 0 Å². The molecule has 0 amide bonds. The van der Waals surface area contributed by atoms with Crippen molar-refractivity contribution in [1.29, 1.82) is 0 Å². The zero-order chi connectivity index (χ0) is 12.0. The van der Waals surface area contributed by atoms with Crippen LogP contribution in [0.4, 0.5) is 0 Å². The SMILES string of the molecule is [2H]C1([2H])[C@H](O)[C@H](O)[C@@H](O)[C@H](O)[C@]1(O)CO. The summed E-state index contributed by atoms with van der Waals surface area (Å²) in [7, 11) is 0. The summed E-state index contributed by atoms with van der Waals surface area (Å²) in [5.74, 6) is 0. The molecule has 6 N–H and O–H groups in total. The minimum atomic E-state index is -2.83. The number of hydrogen-bond donors (Lipinski definition) is 6. The van der Waals surface area contributed by atoms with Crippen LogP contribution in [0.2, 0.25) is 0 Å². The highest BCUT2D eigenvalue weighted by molar-refractivity contribution is 5.01. The Hall–Kier alpha value is -0.240. The van der Waals surface area contributed by atoms with Gasteiger partial charge in [-0.25, -0.2) is 0 Å². The molecule has 0 radical (unpaired) electrons. The van der Waals surface area contributed by atoms with Crippen molar-refractivity contribution >= 4 is 0 Å². The molecule has 1 rings (SSSR count). The Balaban J connectivity index is 3.16. The Kier molecular flexibility index (Phi) is 2.17. The van der Waals surface area contributed by atoms with E-state index in [0.717, 1.165) is 0 Å². The topological polar surface area (TPSA) is 121 Å². The van der Waals surface area contributed by atoms with Crippen LogP contribution in [0.25, 0.3) is 0 Å². The number of rotatable bonds is 1. The molecule has 5 atom stereocenters. The molecule has 6 heteroatoms. The smallest absolute Gasteiger partial charge is 0.119 e. The average Bonchev–Trinajstić information content (AvgIpc) is 2.21. The quantitative estimate of drug-likeness (QED) is 0.259. The Morgan fingerprint density at radius 1 is 1.23 bits per heavy atom. The summed E-state index contributed by atoms with van der Waals surface area (Å²) < 4.78 is 14.6. The van der Waals surface area contributed by atoms with E-state index in [9.17, 15) is 25.5 Å². The molecule has 78 valence electrons. The van der Waals surface area contributed by atoms with E-state index in [4.69, 9.17) is 7.85 Å². The molecule has 1 aliphatic rings. The van der Waals surface area contributed by atoms with Crippen LogP contribution in [0.5, 0.6) is 0 Å². The predicted octanol–water partition coefficient (Wildman–Crippen LogP) is -3.44. The molecular weight excluding hydrogens is 180 g/mol. The van der Waals surface area contributed by atoms with Gasteiger partial charge in [0.1, 0.15) is 23.9 Å². The first-order chi connectivity index (χ1) is 6.70. The number of aliphatic hydroxyl groups is 6. The Bertz CT molecular complexity index is 250. The molecule has 0 bridgehead atoms. The first kappa shape index (κ1) is 8.10. The number of aliphatic hydroxyl groups excluding tert-OH is 5. The van der Waals surface area contributed by atoms with Crippen molar-refractivity contribution in [1.82, 2.24) is 0 Å². The largest absolute Gasteiger partial charge is 0.393 e. The zero-order valence-electron chi connectivity index (χ0n) is 8.70. The van der Waals surface area contributed by atoms with Crippen LogP contribution < -0.4 is 0 Å². The van der Waals surface area contributed by atoms with E-state index >= 15 is 0 Å². The van der Waals surface area contributed by atoms with E-state index in [-0.39, 0.29) is 0 Å². The van der Waals surface area contributed by atoms with Crippen LogP contribution in [0, 0.1) is 0 Å². The standard InChI is InChI=1S/C7H14O6/c8-2-7(13)1-3(9)4(10)5(11)6(7)12/h3-6,8-13H,1-2H2/t3-,4-,5+,6-,7+/m0/s1/i1D2. The number of hydrogen-bond acceptors (Lipinski definition) is 6. The summed E-state index contributed by atoms with van der Waals surface area (Å²) in [4.78, 5) is 0. The maximum atomic E-state index is 9.63. The molecule has 1 fully saturated rings. The van der Waals surface area contributed by atoms with E-state index in [1.807, 2.05) is 0 Å². The van der Waals surface area contributed by atoms with Gasteiger partial charge in [-0.2, -0.15) is 0 Å². The first-order valence-corrected chi connectivity index (χ1v) is 3.75. The van der Waals surface area contributed by atoms with Crippen LogP contribution >= 0.6 is 0 Å². The second-order valence-electron chi connectivity index (χ2n) is 3.10. The van der Waals surface area contributed by atoms with Gasteiger partial charge in [-0.1, -0.05) is 0 Å². The molecule has 0 aromatic carbocycles. The highest BCUT2D eigenvalue weighted by Gasteiger charge is 2.50. The van der Waals surface area contributed by atoms with E-state index in [1.54, 1.807) is 0 Å². The van der Waals surface area contributed by atoms with Crippen molar-refractivity contribution in [2.75, 3.05) is 6.61 Å². The molecule has 0 saturated heterocycles. The van der Waals surface area contributed by atoms with Gasteiger partial charge in [0.15, 0.2) is 0 Å². The summed E-state index contributed by atoms with van der Waals surface area (Å²) in [5.41, 5.74) is -2.72. The third kappa shape index (κ3) is 1.69. The second kappa shape index (κ2) is 3.49. The lowest BCUT2D eigenvalue weighted by molar-refractivity contribution is -0.228. The van der Waals surface area contributed by atoms with Crippen molar-refractivity contribution in [3.05, 3.63) is 0 Å². The first-order valence-electron chi connectivity index (χ1n) is 4.75. The molecule has 6 nitrogen and oxygen atoms in total. The van der Waals surface area contributed by atoms with Gasteiger partial charge in [0, 0.05) is 9.11 Å². The van der Waals surface area contributed by atoms with Gasteiger partial charge < -0.3 is 30.6 Å². The molecule has 0 aromatic rings. The maximum absolute atomic E-state index is 9.63. The van der Waals surface area contributed by atoms with Crippen molar-refractivity contribution in [3.63, 3.8) is 0 Å². The Morgan fingerprint density at radius 2 is 1.77 bits per heavy atom. The van der Waals surface area contributed by atoms with Gasteiger partial charge >= 0.3 is 0 Å². The summed E-state index contributed by atoms with van der Waals surface area (Å²) in [6.45, 7) is -1.19. The Labute approximate surface area is 77.5 Å². The summed E-state index contributed by atoms with van der Waals surface area (Å²) in [5, 5.41) is 55.5. The third-order valence-corrected chi connectivity index (χ3v) is 2.13. The van der Waals surface area contributed by atoms with Crippen LogP contribution in [0.15, 0.2) is 0 Å². The Morgan fingerprint density at radius 3 is 2.23 bits per heavy atom. The average molecular weight is 196 g/mol. The van der Waals surface area contributed by atoms with Crippen molar-refractivity contribution in [3.8, 4) is 0 Å². The highest BCUT2D eigenvalue weighted by atomic mass is 16.4. The minimum absolute atomic E-state index is 1.19. The van der Waals surface area contributed by atoms with Gasteiger partial charge in [-0.15, -0.1) is 0 Å². The van der Waals surface area contributed by atoms with Crippen LogP contribution in [-0.4, -0.2) is 67.3 Å². The van der Waals surface area contributed by atoms with Crippen LogP contribution in [0.1, 0.15) is 9.11 Å². The fourth-order valence-electron chi connectivity index (χ4n) is 1.22. The summed E-state index contributed by atoms with van der Waals surface area (Å²) in [6, 6.07) is 0. The molecule has 13 heavy (non-hydrogen) atoms. The lowest BCUT2D eigenvalue weighted by Gasteiger charge is -2.43. The lowest BCUT2D eigenvalue weighted by Crippen LogP contribution is -2.64. The molecule has 0 heterocycles. The molecular formula is C7H14O6. The second-order valence-corrected chi connectivity index (χ2v) is 3.10. The molecule has 1 aliphatic carbocycles. The maximum Gasteiger partial charge on any atom is 0.119 e. The van der Waals surface area contributed by atoms with Gasteiger partial charge in [-0.3, -0.25) is 0 Å². The van der Waals surface area contributed by atoms with Crippen molar-refractivity contribution in [2.24, 2.45) is 0 Å². The zero-order valence-corrected chi connectivity index (χ0v) is 6.70. The van der Waals surface area contributed by atoms with Crippen LogP contribution in [0.3, 0.4) is 0 Å². The van der Waals surface area contributed by atoms with Gasteiger partial charge in [0.25, 0.3) is 0 Å². The van der Waals surface area contributed by atoms with Gasteiger partial charge in [0.2, 0.25) is 0 Å². The van der Waals surface area contributed by atoms with Gasteiger partial charge in [-0.05, 0) is 0 Å². The fourth-order valence-corrected chi connectivity index (χ4v) is 1.22. The fraction of sp³-hybridized carbons (Fsp3) is 1.00. The molecule has 0 spiro atoms. The molecule has 0 unspecified atom stereocenters. The predicted molar refractivity (Wildman–Crippen MR) is 40.7 cm³/mol. The monoisotopic (exact) mass is 196 g/mol. The summed E-state index contributed by atoms with van der Waals surface area (Å²) in [6.07, 6.45) is -10.9. The molecule has 0 aliphatic heterocycles. The normalized spacial score (nSPS) is 58.3. The lowest BCUT2D eigenvalue weighted by atomic mass is 9.78. The van der Waals surface area contributed by atoms with E-state index < -0.39 is 43.0 Å². The molecule has 0 aromatic heterocycles. The third-order valence-electron chi connectivity index (χ3n) is 2.13. The minimum Gasteiger partial charge on any atom is -0.393 e. The van der Waals surface area contributed by atoms with Crippen molar-refractivity contribution < 1.29 is 33.4 Å². The highest BCUT2D eigenvalue weighted by Crippen LogP contribution is 2.29. The molecule has 1 saturated carbocycles. The summed E-state index contributed by atoms with van der Waals surface area (Å²) >= 11 is 0. The van der Waals surface area contributed by atoms with Crippen LogP contribution in [-0.2, 0) is 0 Å². The van der Waals surface area contributed by atoms with E-state index in [1.165, 1.54) is 0 Å². The van der Waals surface area contributed by atoms with E-state index in [2.05, 4.69) is 0 Å².